The van der Waals surface area contributed by atoms with Gasteiger partial charge in [-0.15, -0.1) is 0 Å². The lowest BCUT2D eigenvalue weighted by Crippen LogP contribution is -2.36. The lowest BCUT2D eigenvalue weighted by atomic mass is 9.89. The summed E-state index contributed by atoms with van der Waals surface area (Å²) in [6, 6.07) is 11.9. The molecule has 0 saturated carbocycles. The van der Waals surface area contributed by atoms with Crippen LogP contribution in [0.2, 0.25) is 0 Å². The number of amides is 1. The number of H-pyrrole nitrogens is 1. The molecule has 0 radical (unpaired) electrons. The molecule has 0 spiro atoms. The molecule has 138 valence electrons. The summed E-state index contributed by atoms with van der Waals surface area (Å²) in [6.45, 7) is 1.26. The van der Waals surface area contributed by atoms with Gasteiger partial charge < -0.3 is 9.88 Å². The molecule has 1 N–H and O–H groups in total. The minimum Gasteiger partial charge on any atom is -0.361 e. The molecule has 1 saturated heterocycles. The van der Waals surface area contributed by atoms with Crippen LogP contribution in [0.25, 0.3) is 17.0 Å². The van der Waals surface area contributed by atoms with Crippen molar-refractivity contribution < 1.29 is 13.6 Å². The van der Waals surface area contributed by atoms with E-state index in [9.17, 15) is 13.6 Å². The number of carbonyl (C=O) groups excluding carboxylic acids is 1. The van der Waals surface area contributed by atoms with Crippen LogP contribution in [-0.4, -0.2) is 28.9 Å². The molecule has 3 nitrogen and oxygen atoms in total. The Hall–Kier alpha value is -2.95. The monoisotopic (exact) mass is 366 g/mol. The maximum Gasteiger partial charge on any atom is 0.246 e. The van der Waals surface area contributed by atoms with E-state index in [1.54, 1.807) is 4.90 Å². The topological polar surface area (TPSA) is 36.1 Å². The van der Waals surface area contributed by atoms with Crippen LogP contribution >= 0.6 is 0 Å². The molecule has 2 heterocycles. The van der Waals surface area contributed by atoms with E-state index in [0.717, 1.165) is 18.4 Å². The van der Waals surface area contributed by atoms with Gasteiger partial charge in [0.1, 0.15) is 11.6 Å². The number of rotatable bonds is 3. The van der Waals surface area contributed by atoms with Crippen molar-refractivity contribution in [3.8, 4) is 0 Å². The zero-order valence-electron chi connectivity index (χ0n) is 14.8. The van der Waals surface area contributed by atoms with Crippen LogP contribution in [0.5, 0.6) is 0 Å². The van der Waals surface area contributed by atoms with Crippen molar-refractivity contribution in [2.75, 3.05) is 13.1 Å². The molecule has 0 aliphatic carbocycles. The lowest BCUT2D eigenvalue weighted by molar-refractivity contribution is -0.126. The number of nitrogens with zero attached hydrogens (tertiary/aromatic N) is 1. The largest absolute Gasteiger partial charge is 0.361 e. The third kappa shape index (κ3) is 3.50. The van der Waals surface area contributed by atoms with Gasteiger partial charge in [0, 0.05) is 41.8 Å². The van der Waals surface area contributed by atoms with Gasteiger partial charge in [-0.05, 0) is 48.6 Å². The Morgan fingerprint density at radius 1 is 1.04 bits per heavy atom. The molecule has 1 amide bonds. The molecule has 0 atom stereocenters. The van der Waals surface area contributed by atoms with Gasteiger partial charge >= 0.3 is 0 Å². The molecule has 5 heteroatoms. The van der Waals surface area contributed by atoms with E-state index < -0.39 is 11.6 Å². The van der Waals surface area contributed by atoms with Gasteiger partial charge in [0.15, 0.2) is 0 Å². The average molecular weight is 366 g/mol. The average Bonchev–Trinajstić information content (AvgIpc) is 3.12. The normalized spacial score (nSPS) is 15.7. The van der Waals surface area contributed by atoms with E-state index >= 15 is 0 Å². The first-order valence-electron chi connectivity index (χ1n) is 9.10. The van der Waals surface area contributed by atoms with Gasteiger partial charge in [0.05, 0.1) is 0 Å². The number of halogens is 2. The summed E-state index contributed by atoms with van der Waals surface area (Å²) in [4.78, 5) is 17.4. The second kappa shape index (κ2) is 7.35. The second-order valence-corrected chi connectivity index (χ2v) is 6.86. The fourth-order valence-corrected chi connectivity index (χ4v) is 3.77. The highest BCUT2D eigenvalue weighted by atomic mass is 19.1. The first kappa shape index (κ1) is 17.5. The fourth-order valence-electron chi connectivity index (χ4n) is 3.77. The smallest absolute Gasteiger partial charge is 0.246 e. The molecule has 27 heavy (non-hydrogen) atoms. The highest BCUT2D eigenvalue weighted by Gasteiger charge is 2.24. The Morgan fingerprint density at radius 3 is 2.48 bits per heavy atom. The van der Waals surface area contributed by atoms with Gasteiger partial charge in [-0.1, -0.05) is 24.3 Å². The van der Waals surface area contributed by atoms with Crippen LogP contribution in [0.4, 0.5) is 8.78 Å². The maximum atomic E-state index is 13.7. The third-order valence-electron chi connectivity index (χ3n) is 5.26. The van der Waals surface area contributed by atoms with Crippen molar-refractivity contribution in [1.82, 2.24) is 9.88 Å². The number of para-hydroxylation sites is 1. The fraction of sp³-hybridized carbons (Fsp3) is 0.227. The molecule has 2 aromatic carbocycles. The van der Waals surface area contributed by atoms with Crippen molar-refractivity contribution >= 4 is 22.9 Å². The quantitative estimate of drug-likeness (QED) is 0.660. The highest BCUT2D eigenvalue weighted by molar-refractivity contribution is 5.92. The number of hydrogen-bond donors (Lipinski definition) is 1. The summed E-state index contributed by atoms with van der Waals surface area (Å²) in [5.41, 5.74) is 2.24. The van der Waals surface area contributed by atoms with E-state index in [2.05, 4.69) is 23.3 Å². The van der Waals surface area contributed by atoms with E-state index in [0.29, 0.717) is 19.0 Å². The summed E-state index contributed by atoms with van der Waals surface area (Å²) in [5, 5.41) is 1.23. The predicted molar refractivity (Wildman–Crippen MR) is 102 cm³/mol. The second-order valence-electron chi connectivity index (χ2n) is 6.86. The zero-order chi connectivity index (χ0) is 18.8. The van der Waals surface area contributed by atoms with Crippen LogP contribution in [-0.2, 0) is 4.79 Å². The van der Waals surface area contributed by atoms with Crippen molar-refractivity contribution in [1.29, 1.82) is 0 Å². The minimum absolute atomic E-state index is 0.181. The van der Waals surface area contributed by atoms with Crippen LogP contribution < -0.4 is 0 Å². The van der Waals surface area contributed by atoms with Crippen LogP contribution in [0.3, 0.4) is 0 Å². The summed E-state index contributed by atoms with van der Waals surface area (Å²) in [5.74, 6) is -1.15. The van der Waals surface area contributed by atoms with Gasteiger partial charge in [-0.25, -0.2) is 8.78 Å². The Balaban J connectivity index is 1.42. The van der Waals surface area contributed by atoms with Gasteiger partial charge in [-0.3, -0.25) is 4.79 Å². The Bertz CT molecular complexity index is 980. The Labute approximate surface area is 156 Å². The summed E-state index contributed by atoms with van der Waals surface area (Å²) >= 11 is 0. The van der Waals surface area contributed by atoms with Gasteiger partial charge in [0.2, 0.25) is 5.91 Å². The molecule has 0 bridgehead atoms. The van der Waals surface area contributed by atoms with Crippen LogP contribution in [0.1, 0.15) is 29.9 Å². The van der Waals surface area contributed by atoms with Crippen molar-refractivity contribution in [2.45, 2.75) is 18.8 Å². The molecular weight excluding hydrogens is 346 g/mol. The van der Waals surface area contributed by atoms with E-state index in [4.69, 9.17) is 0 Å². The first-order chi connectivity index (χ1) is 13.1. The number of fused-ring (bicyclic) bond motifs is 1. The zero-order valence-corrected chi connectivity index (χ0v) is 14.8. The number of likely N-dealkylation sites (tertiary alicyclic amines) is 1. The summed E-state index contributed by atoms with van der Waals surface area (Å²) in [7, 11) is 0. The van der Waals surface area contributed by atoms with Crippen molar-refractivity contribution in [3.63, 3.8) is 0 Å². The van der Waals surface area contributed by atoms with Gasteiger partial charge in [0.25, 0.3) is 0 Å². The lowest BCUT2D eigenvalue weighted by Gasteiger charge is -2.31. The molecule has 4 rings (SSSR count). The highest BCUT2D eigenvalue weighted by Crippen LogP contribution is 2.33. The first-order valence-corrected chi connectivity index (χ1v) is 9.10. The van der Waals surface area contributed by atoms with Gasteiger partial charge in [-0.2, -0.15) is 0 Å². The van der Waals surface area contributed by atoms with E-state index in [-0.39, 0.29) is 11.5 Å². The number of aromatic nitrogens is 1. The Morgan fingerprint density at radius 2 is 1.74 bits per heavy atom. The molecule has 1 aromatic heterocycles. The molecule has 1 fully saturated rings. The minimum atomic E-state index is -0.669. The van der Waals surface area contributed by atoms with Crippen LogP contribution in [0, 0.1) is 11.6 Å². The number of carbonyl (C=O) groups is 1. The number of aromatic amines is 1. The molecule has 1 aliphatic heterocycles. The third-order valence-corrected chi connectivity index (χ3v) is 5.26. The van der Waals surface area contributed by atoms with Crippen LogP contribution in [0.15, 0.2) is 54.7 Å². The Kier molecular flexibility index (Phi) is 4.75. The van der Waals surface area contributed by atoms with Crippen molar-refractivity contribution in [3.05, 3.63) is 77.5 Å². The molecule has 0 unspecified atom stereocenters. The molecule has 1 aliphatic rings. The summed E-state index contributed by atoms with van der Waals surface area (Å²) < 4.78 is 27.3. The number of nitrogens with one attached hydrogen (secondary N) is 1. The molecule has 3 aromatic rings. The van der Waals surface area contributed by atoms with Crippen molar-refractivity contribution in [2.24, 2.45) is 0 Å². The SMILES string of the molecule is O=C(/C=C/c1c(F)cccc1F)N1CCC(c2c[nH]c3ccccc23)CC1. The summed E-state index contributed by atoms with van der Waals surface area (Å²) in [6.07, 6.45) is 6.28. The number of hydrogen-bond acceptors (Lipinski definition) is 1. The number of benzene rings is 2. The predicted octanol–water partition coefficient (Wildman–Crippen LogP) is 4.87. The van der Waals surface area contributed by atoms with E-state index in [1.165, 1.54) is 41.3 Å². The van der Waals surface area contributed by atoms with E-state index in [1.807, 2.05) is 12.1 Å². The number of piperidine rings is 1. The molecular formula is C22H20F2N2O. The standard InChI is InChI=1S/C22H20F2N2O/c23-19-5-3-6-20(24)17(19)8-9-22(27)26-12-10-15(11-13-26)18-14-25-21-7-2-1-4-16(18)21/h1-9,14-15,25H,10-13H2/b9-8+. The maximum absolute atomic E-state index is 13.7.